The minimum Gasteiger partial charge on any atom is -0.493 e. The normalized spacial score (nSPS) is 10.4. The Balaban J connectivity index is 2.63. The maximum absolute atomic E-state index is 12.1. The molecule has 0 atom stereocenters. The lowest BCUT2D eigenvalue weighted by atomic mass is 10.1. The molecule has 0 radical (unpaired) electrons. The molecule has 0 aliphatic rings. The third-order valence-corrected chi connectivity index (χ3v) is 3.04. The van der Waals surface area contributed by atoms with Gasteiger partial charge >= 0.3 is 0 Å². The predicted molar refractivity (Wildman–Crippen MR) is 84.1 cm³/mol. The van der Waals surface area contributed by atoms with Crippen LogP contribution in [-0.4, -0.2) is 32.1 Å². The van der Waals surface area contributed by atoms with E-state index in [0.717, 1.165) is 12.8 Å². The number of methoxy groups -OCH3 is 1. The van der Waals surface area contributed by atoms with Crippen LogP contribution in [0.4, 0.5) is 0 Å². The van der Waals surface area contributed by atoms with Crippen molar-refractivity contribution in [2.45, 2.75) is 26.7 Å². The summed E-state index contributed by atoms with van der Waals surface area (Å²) in [5.74, 6) is 0.643. The predicted octanol–water partition coefficient (Wildman–Crippen LogP) is 1.73. The van der Waals surface area contributed by atoms with Gasteiger partial charge in [0.25, 0.3) is 11.8 Å². The van der Waals surface area contributed by atoms with Gasteiger partial charge in [-0.05, 0) is 37.0 Å². The minimum absolute atomic E-state index is 0.163. The molecule has 1 aromatic rings. The molecule has 0 saturated carbocycles. The molecule has 6 nitrogen and oxygen atoms in total. The van der Waals surface area contributed by atoms with Crippen LogP contribution >= 0.6 is 0 Å². The van der Waals surface area contributed by atoms with E-state index in [4.69, 9.17) is 15.2 Å². The summed E-state index contributed by atoms with van der Waals surface area (Å²) in [4.78, 5) is 22.8. The first-order valence-corrected chi connectivity index (χ1v) is 7.31. The Morgan fingerprint density at radius 1 is 1.27 bits per heavy atom. The number of carbonyl (C=O) groups is 2. The number of nitrogens with one attached hydrogen (secondary N) is 1. The summed E-state index contributed by atoms with van der Waals surface area (Å²) in [5.41, 5.74) is 5.51. The Labute approximate surface area is 131 Å². The molecule has 0 spiro atoms. The molecule has 1 aromatic carbocycles. The Morgan fingerprint density at radius 3 is 2.59 bits per heavy atom. The van der Waals surface area contributed by atoms with Gasteiger partial charge in [-0.15, -0.1) is 0 Å². The molecule has 3 N–H and O–H groups in total. The maximum atomic E-state index is 12.1. The van der Waals surface area contributed by atoms with Crippen LogP contribution in [0.25, 0.3) is 0 Å². The summed E-state index contributed by atoms with van der Waals surface area (Å²) >= 11 is 0. The fraction of sp³-hybridized carbons (Fsp3) is 0.500. The van der Waals surface area contributed by atoms with E-state index in [1.54, 1.807) is 18.2 Å². The number of benzene rings is 1. The van der Waals surface area contributed by atoms with Crippen molar-refractivity contribution in [1.82, 2.24) is 5.32 Å². The first kappa shape index (κ1) is 17.8. The van der Waals surface area contributed by atoms with Gasteiger partial charge in [0, 0.05) is 12.1 Å². The molecule has 122 valence electrons. The van der Waals surface area contributed by atoms with Gasteiger partial charge < -0.3 is 20.5 Å². The van der Waals surface area contributed by atoms with Crippen LogP contribution in [0, 0.1) is 5.92 Å². The van der Waals surface area contributed by atoms with Crippen molar-refractivity contribution in [3.8, 4) is 11.5 Å². The van der Waals surface area contributed by atoms with Gasteiger partial charge in [0.05, 0.1) is 7.11 Å². The quantitative estimate of drug-likeness (QED) is 0.680. The second-order valence-electron chi connectivity index (χ2n) is 5.41. The van der Waals surface area contributed by atoms with Gasteiger partial charge in [0.15, 0.2) is 18.1 Å². The molecule has 6 heteroatoms. The third-order valence-electron chi connectivity index (χ3n) is 3.04. The van der Waals surface area contributed by atoms with Crippen molar-refractivity contribution >= 4 is 11.8 Å². The topological polar surface area (TPSA) is 90.7 Å². The fourth-order valence-corrected chi connectivity index (χ4v) is 1.89. The number of hydrogen-bond donors (Lipinski definition) is 2. The molecular formula is C16H24N2O4. The summed E-state index contributed by atoms with van der Waals surface area (Å²) in [6, 6.07) is 4.79. The molecule has 0 unspecified atom stereocenters. The molecule has 0 aliphatic heterocycles. The third kappa shape index (κ3) is 6.03. The number of hydrogen-bond acceptors (Lipinski definition) is 4. The SMILES string of the molecule is COc1cc(C(=O)NCCCC(C)C)ccc1OCC(N)=O. The van der Waals surface area contributed by atoms with E-state index in [-0.39, 0.29) is 12.5 Å². The minimum atomic E-state index is -0.575. The van der Waals surface area contributed by atoms with E-state index >= 15 is 0 Å². The Morgan fingerprint density at radius 2 is 2.00 bits per heavy atom. The van der Waals surface area contributed by atoms with E-state index in [2.05, 4.69) is 19.2 Å². The van der Waals surface area contributed by atoms with Crippen molar-refractivity contribution in [3.05, 3.63) is 23.8 Å². The highest BCUT2D eigenvalue weighted by atomic mass is 16.5. The highest BCUT2D eigenvalue weighted by molar-refractivity contribution is 5.94. The van der Waals surface area contributed by atoms with E-state index in [1.165, 1.54) is 7.11 Å². The zero-order chi connectivity index (χ0) is 16.5. The Hall–Kier alpha value is -2.24. The van der Waals surface area contributed by atoms with Crippen LogP contribution in [0.2, 0.25) is 0 Å². The molecule has 0 fully saturated rings. The van der Waals surface area contributed by atoms with Crippen LogP contribution in [0.3, 0.4) is 0 Å². The summed E-state index contributed by atoms with van der Waals surface area (Å²) in [6.45, 7) is 4.70. The molecule has 0 heterocycles. The molecule has 2 amide bonds. The Kier molecular flexibility index (Phi) is 7.22. The highest BCUT2D eigenvalue weighted by Gasteiger charge is 2.11. The molecule has 22 heavy (non-hydrogen) atoms. The smallest absolute Gasteiger partial charge is 0.255 e. The van der Waals surface area contributed by atoms with Crippen LogP contribution < -0.4 is 20.5 Å². The average Bonchev–Trinajstić information content (AvgIpc) is 2.48. The van der Waals surface area contributed by atoms with Crippen LogP contribution in [0.5, 0.6) is 11.5 Å². The molecule has 0 bridgehead atoms. The maximum Gasteiger partial charge on any atom is 0.255 e. The van der Waals surface area contributed by atoms with Gasteiger partial charge in [0.2, 0.25) is 0 Å². The summed E-state index contributed by atoms with van der Waals surface area (Å²) < 4.78 is 10.4. The molecular weight excluding hydrogens is 284 g/mol. The average molecular weight is 308 g/mol. The van der Waals surface area contributed by atoms with Gasteiger partial charge in [-0.1, -0.05) is 13.8 Å². The number of ether oxygens (including phenoxy) is 2. The number of primary amides is 1. The van der Waals surface area contributed by atoms with Gasteiger partial charge in [-0.25, -0.2) is 0 Å². The number of amides is 2. The van der Waals surface area contributed by atoms with Gasteiger partial charge in [-0.3, -0.25) is 9.59 Å². The summed E-state index contributed by atoms with van der Waals surface area (Å²) in [5, 5.41) is 2.87. The number of carbonyl (C=O) groups excluding carboxylic acids is 2. The van der Waals surface area contributed by atoms with Crippen LogP contribution in [-0.2, 0) is 4.79 Å². The standard InChI is InChI=1S/C16H24N2O4/c1-11(2)5-4-8-18-16(20)12-6-7-13(14(9-12)21-3)22-10-15(17)19/h6-7,9,11H,4-5,8,10H2,1-3H3,(H2,17,19)(H,18,20). The molecule has 0 aromatic heterocycles. The summed E-state index contributed by atoms with van der Waals surface area (Å²) in [7, 11) is 1.47. The second kappa shape index (κ2) is 8.92. The number of nitrogens with two attached hydrogens (primary N) is 1. The zero-order valence-corrected chi connectivity index (χ0v) is 13.3. The largest absolute Gasteiger partial charge is 0.493 e. The highest BCUT2D eigenvalue weighted by Crippen LogP contribution is 2.28. The van der Waals surface area contributed by atoms with E-state index < -0.39 is 5.91 Å². The van der Waals surface area contributed by atoms with E-state index in [1.807, 2.05) is 0 Å². The zero-order valence-electron chi connectivity index (χ0n) is 13.3. The van der Waals surface area contributed by atoms with Crippen molar-refractivity contribution in [2.24, 2.45) is 11.7 Å². The lowest BCUT2D eigenvalue weighted by Crippen LogP contribution is -2.24. The van der Waals surface area contributed by atoms with Gasteiger partial charge in [0.1, 0.15) is 0 Å². The lowest BCUT2D eigenvalue weighted by molar-refractivity contribution is -0.119. The van der Waals surface area contributed by atoms with E-state index in [0.29, 0.717) is 29.5 Å². The molecule has 0 saturated heterocycles. The lowest BCUT2D eigenvalue weighted by Gasteiger charge is -2.11. The fourth-order valence-electron chi connectivity index (χ4n) is 1.89. The monoisotopic (exact) mass is 308 g/mol. The van der Waals surface area contributed by atoms with Crippen molar-refractivity contribution in [2.75, 3.05) is 20.3 Å². The number of rotatable bonds is 9. The van der Waals surface area contributed by atoms with Crippen LogP contribution in [0.1, 0.15) is 37.0 Å². The van der Waals surface area contributed by atoms with Crippen molar-refractivity contribution in [3.63, 3.8) is 0 Å². The van der Waals surface area contributed by atoms with Gasteiger partial charge in [-0.2, -0.15) is 0 Å². The van der Waals surface area contributed by atoms with Crippen LogP contribution in [0.15, 0.2) is 18.2 Å². The Bertz CT molecular complexity index is 515. The van der Waals surface area contributed by atoms with Crippen molar-refractivity contribution < 1.29 is 19.1 Å². The second-order valence-corrected chi connectivity index (χ2v) is 5.41. The van der Waals surface area contributed by atoms with Crippen molar-refractivity contribution in [1.29, 1.82) is 0 Å². The molecule has 0 aliphatic carbocycles. The first-order valence-electron chi connectivity index (χ1n) is 7.31. The summed E-state index contributed by atoms with van der Waals surface area (Å²) in [6.07, 6.45) is 2.02. The molecule has 1 rings (SSSR count). The first-order chi connectivity index (χ1) is 10.4. The van der Waals surface area contributed by atoms with E-state index in [9.17, 15) is 9.59 Å².